The van der Waals surface area contributed by atoms with Gasteiger partial charge in [-0.2, -0.15) is 15.0 Å². The van der Waals surface area contributed by atoms with E-state index in [9.17, 15) is 0 Å². The van der Waals surface area contributed by atoms with Crippen LogP contribution in [0.15, 0.2) is 30.9 Å². The third-order valence-corrected chi connectivity index (χ3v) is 2.24. The number of nitrogens with zero attached hydrogens (tertiary/aromatic N) is 4. The lowest BCUT2D eigenvalue weighted by Crippen LogP contribution is -2.12. The lowest BCUT2D eigenvalue weighted by atomic mass is 9.88. The van der Waals surface area contributed by atoms with Crippen molar-refractivity contribution >= 4 is 0 Å². The van der Waals surface area contributed by atoms with Crippen molar-refractivity contribution in [3.63, 3.8) is 0 Å². The van der Waals surface area contributed by atoms with Gasteiger partial charge >= 0.3 is 0 Å². The van der Waals surface area contributed by atoms with E-state index in [1.807, 2.05) is 6.20 Å². The number of rotatable bonds is 1. The molecule has 2 aromatic heterocycles. The molecule has 0 unspecified atom stereocenters. The zero-order valence-corrected chi connectivity index (χ0v) is 9.18. The first-order valence-corrected chi connectivity index (χ1v) is 4.89. The number of aromatic nitrogens is 4. The molecule has 0 fully saturated rings. The molecule has 2 rings (SSSR count). The summed E-state index contributed by atoms with van der Waals surface area (Å²) < 4.78 is 0. The molecule has 0 aliphatic carbocycles. The quantitative estimate of drug-likeness (QED) is 0.710. The van der Waals surface area contributed by atoms with E-state index >= 15 is 0 Å². The molecule has 2 heterocycles. The van der Waals surface area contributed by atoms with Crippen molar-refractivity contribution in [1.29, 1.82) is 0 Å². The zero-order chi connectivity index (χ0) is 10.9. The highest BCUT2D eigenvalue weighted by Gasteiger charge is 2.14. The van der Waals surface area contributed by atoms with Crippen LogP contribution in [0.5, 0.6) is 0 Å². The maximum atomic E-state index is 4.21. The molecule has 0 amide bonds. The van der Waals surface area contributed by atoms with Crippen LogP contribution < -0.4 is 0 Å². The Balaban J connectivity index is 2.44. The van der Waals surface area contributed by atoms with Crippen molar-refractivity contribution in [1.82, 2.24) is 20.0 Å². The highest BCUT2D eigenvalue weighted by molar-refractivity contribution is 5.32. The maximum absolute atomic E-state index is 4.21. The van der Waals surface area contributed by atoms with Gasteiger partial charge in [-0.25, -0.2) is 0 Å². The van der Waals surface area contributed by atoms with Crippen molar-refractivity contribution in [2.75, 3.05) is 0 Å². The van der Waals surface area contributed by atoms with Crippen LogP contribution in [-0.2, 0) is 5.41 Å². The molecule has 0 aliphatic heterocycles. The van der Waals surface area contributed by atoms with Crippen molar-refractivity contribution in [3.8, 4) is 5.69 Å². The van der Waals surface area contributed by atoms with Gasteiger partial charge in [0.15, 0.2) is 0 Å². The number of hydrogen-bond donors (Lipinski definition) is 0. The molecular weight excluding hydrogens is 188 g/mol. The lowest BCUT2D eigenvalue weighted by Gasteiger charge is -2.18. The molecule has 0 bridgehead atoms. The van der Waals surface area contributed by atoms with E-state index in [4.69, 9.17) is 0 Å². The van der Waals surface area contributed by atoms with Crippen LogP contribution in [-0.4, -0.2) is 20.0 Å². The Morgan fingerprint density at radius 1 is 1.07 bits per heavy atom. The molecule has 4 heteroatoms. The molecule has 0 atom stereocenters. The third-order valence-electron chi connectivity index (χ3n) is 2.24. The summed E-state index contributed by atoms with van der Waals surface area (Å²) in [6.45, 7) is 6.47. The molecule has 0 N–H and O–H groups in total. The molecule has 0 radical (unpaired) electrons. The minimum Gasteiger partial charge on any atom is -0.262 e. The van der Waals surface area contributed by atoms with E-state index in [-0.39, 0.29) is 5.41 Å². The fourth-order valence-electron chi connectivity index (χ4n) is 1.30. The third kappa shape index (κ3) is 2.03. The molecule has 2 aromatic rings. The topological polar surface area (TPSA) is 43.6 Å². The van der Waals surface area contributed by atoms with E-state index < -0.39 is 0 Å². The summed E-state index contributed by atoms with van der Waals surface area (Å²) in [4.78, 5) is 5.78. The van der Waals surface area contributed by atoms with Crippen LogP contribution in [0.1, 0.15) is 26.3 Å². The second kappa shape index (κ2) is 3.46. The monoisotopic (exact) mass is 202 g/mol. The highest BCUT2D eigenvalue weighted by atomic mass is 15.5. The van der Waals surface area contributed by atoms with E-state index in [1.54, 1.807) is 23.4 Å². The smallest absolute Gasteiger partial charge is 0.104 e. The van der Waals surface area contributed by atoms with E-state index in [2.05, 4.69) is 42.0 Å². The zero-order valence-electron chi connectivity index (χ0n) is 9.18. The second-order valence-corrected chi connectivity index (χ2v) is 4.50. The predicted molar refractivity (Wildman–Crippen MR) is 57.9 cm³/mol. The Morgan fingerprint density at radius 2 is 1.73 bits per heavy atom. The Bertz CT molecular complexity index is 440. The van der Waals surface area contributed by atoms with Gasteiger partial charge in [0.25, 0.3) is 0 Å². The number of hydrogen-bond acceptors (Lipinski definition) is 3. The molecular formula is C11H14N4. The van der Waals surface area contributed by atoms with E-state index in [0.717, 1.165) is 5.69 Å². The van der Waals surface area contributed by atoms with Crippen LogP contribution in [0.2, 0.25) is 0 Å². The van der Waals surface area contributed by atoms with Gasteiger partial charge in [0.05, 0.1) is 18.6 Å². The minimum absolute atomic E-state index is 0.0934. The highest BCUT2D eigenvalue weighted by Crippen LogP contribution is 2.22. The van der Waals surface area contributed by atoms with Crippen LogP contribution in [0.3, 0.4) is 0 Å². The molecule has 4 nitrogen and oxygen atoms in total. The van der Waals surface area contributed by atoms with Gasteiger partial charge in [-0.1, -0.05) is 20.8 Å². The van der Waals surface area contributed by atoms with Gasteiger partial charge in [-0.15, -0.1) is 0 Å². The van der Waals surface area contributed by atoms with E-state index in [1.165, 1.54) is 5.56 Å². The van der Waals surface area contributed by atoms with Gasteiger partial charge in [-0.05, 0) is 17.0 Å². The van der Waals surface area contributed by atoms with Gasteiger partial charge in [0.2, 0.25) is 0 Å². The Labute approximate surface area is 89.0 Å². The Morgan fingerprint density at radius 3 is 2.33 bits per heavy atom. The second-order valence-electron chi connectivity index (χ2n) is 4.50. The van der Waals surface area contributed by atoms with Gasteiger partial charge in [0.1, 0.15) is 5.69 Å². The standard InChI is InChI=1S/C11H14N4/c1-11(2,3)9-6-10(8-12-7-9)15-13-4-5-14-15/h4-8H,1-3H3. The van der Waals surface area contributed by atoms with Gasteiger partial charge < -0.3 is 0 Å². The predicted octanol–water partition coefficient (Wildman–Crippen LogP) is 1.96. The summed E-state index contributed by atoms with van der Waals surface area (Å²) in [5.74, 6) is 0. The van der Waals surface area contributed by atoms with Crippen LogP contribution >= 0.6 is 0 Å². The molecule has 0 aliphatic rings. The fourth-order valence-corrected chi connectivity index (χ4v) is 1.30. The molecule has 78 valence electrons. The fraction of sp³-hybridized carbons (Fsp3) is 0.364. The maximum Gasteiger partial charge on any atom is 0.104 e. The summed E-state index contributed by atoms with van der Waals surface area (Å²) in [5.41, 5.74) is 2.17. The largest absolute Gasteiger partial charge is 0.262 e. The van der Waals surface area contributed by atoms with Crippen LogP contribution in [0, 0.1) is 0 Å². The summed E-state index contributed by atoms with van der Waals surface area (Å²) in [6, 6.07) is 2.06. The average molecular weight is 202 g/mol. The molecule has 0 saturated heterocycles. The summed E-state index contributed by atoms with van der Waals surface area (Å²) in [7, 11) is 0. The van der Waals surface area contributed by atoms with Gasteiger partial charge in [0, 0.05) is 6.20 Å². The average Bonchev–Trinajstić information content (AvgIpc) is 2.69. The van der Waals surface area contributed by atoms with Crippen molar-refractivity contribution < 1.29 is 0 Å². The first-order valence-electron chi connectivity index (χ1n) is 4.89. The van der Waals surface area contributed by atoms with Crippen molar-refractivity contribution in [3.05, 3.63) is 36.4 Å². The summed E-state index contributed by atoms with van der Waals surface area (Å²) >= 11 is 0. The molecule has 0 saturated carbocycles. The first-order chi connectivity index (χ1) is 7.07. The number of pyridine rings is 1. The Kier molecular flexibility index (Phi) is 2.26. The normalized spacial score (nSPS) is 11.7. The SMILES string of the molecule is CC(C)(C)c1cncc(-n2nccn2)c1. The van der Waals surface area contributed by atoms with Gasteiger partial charge in [-0.3, -0.25) is 4.98 Å². The lowest BCUT2D eigenvalue weighted by molar-refractivity contribution is 0.585. The van der Waals surface area contributed by atoms with E-state index in [0.29, 0.717) is 0 Å². The first kappa shape index (κ1) is 9.83. The Hall–Kier alpha value is -1.71. The summed E-state index contributed by atoms with van der Waals surface area (Å²) in [6.07, 6.45) is 6.95. The van der Waals surface area contributed by atoms with Crippen LogP contribution in [0.25, 0.3) is 5.69 Å². The molecule has 0 aromatic carbocycles. The van der Waals surface area contributed by atoms with Crippen LogP contribution in [0.4, 0.5) is 0 Å². The summed E-state index contributed by atoms with van der Waals surface area (Å²) in [5, 5.41) is 8.15. The molecule has 15 heavy (non-hydrogen) atoms. The molecule has 0 spiro atoms. The van der Waals surface area contributed by atoms with Crippen molar-refractivity contribution in [2.45, 2.75) is 26.2 Å². The minimum atomic E-state index is 0.0934. The van der Waals surface area contributed by atoms with Crippen molar-refractivity contribution in [2.24, 2.45) is 0 Å².